The zero-order chi connectivity index (χ0) is 13.4. The number of nitrogens with one attached hydrogen (secondary N) is 1. The van der Waals surface area contributed by atoms with Crippen molar-refractivity contribution in [2.24, 2.45) is 11.8 Å². The highest BCUT2D eigenvalue weighted by Gasteiger charge is 2.32. The lowest BCUT2D eigenvalue weighted by Gasteiger charge is -2.14. The van der Waals surface area contributed by atoms with Crippen LogP contribution >= 0.6 is 11.3 Å². The standard InChI is InChI=1S/C14H20N2O2S/c1-8-10(4-5-18-8)7-16-12-6-11(15)14(19-12)13(17)9-2-3-9/h6,8-10,16H,2-5,7,15H2,1H3. The highest BCUT2D eigenvalue weighted by atomic mass is 32.1. The summed E-state index contributed by atoms with van der Waals surface area (Å²) in [6.45, 7) is 3.86. The van der Waals surface area contributed by atoms with Gasteiger partial charge in [0.2, 0.25) is 0 Å². The molecule has 2 heterocycles. The van der Waals surface area contributed by atoms with E-state index < -0.39 is 0 Å². The molecule has 1 aliphatic heterocycles. The van der Waals surface area contributed by atoms with E-state index in [4.69, 9.17) is 10.5 Å². The van der Waals surface area contributed by atoms with Crippen LogP contribution in [0, 0.1) is 11.8 Å². The Labute approximate surface area is 117 Å². The van der Waals surface area contributed by atoms with Gasteiger partial charge in [-0.05, 0) is 32.3 Å². The third-order valence-corrected chi connectivity index (χ3v) is 5.13. The van der Waals surface area contributed by atoms with Gasteiger partial charge in [0, 0.05) is 25.0 Å². The van der Waals surface area contributed by atoms with Crippen LogP contribution in [-0.4, -0.2) is 25.0 Å². The average Bonchev–Trinajstić information content (AvgIpc) is 3.06. The van der Waals surface area contributed by atoms with Crippen molar-refractivity contribution in [2.75, 3.05) is 24.2 Å². The molecule has 0 spiro atoms. The monoisotopic (exact) mass is 280 g/mol. The molecule has 0 amide bonds. The molecule has 1 aliphatic carbocycles. The lowest BCUT2D eigenvalue weighted by molar-refractivity contribution is 0.0972. The third kappa shape index (κ3) is 2.77. The summed E-state index contributed by atoms with van der Waals surface area (Å²) in [7, 11) is 0. The lowest BCUT2D eigenvalue weighted by atomic mass is 10.0. The number of thiophene rings is 1. The Morgan fingerprint density at radius 2 is 2.32 bits per heavy atom. The number of carbonyl (C=O) groups excluding carboxylic acids is 1. The van der Waals surface area contributed by atoms with Gasteiger partial charge in [-0.2, -0.15) is 0 Å². The van der Waals surface area contributed by atoms with Crippen molar-refractivity contribution < 1.29 is 9.53 Å². The minimum atomic E-state index is 0.230. The topological polar surface area (TPSA) is 64.3 Å². The van der Waals surface area contributed by atoms with Crippen LogP contribution in [0.4, 0.5) is 10.7 Å². The fourth-order valence-corrected chi connectivity index (χ4v) is 3.50. The Balaban J connectivity index is 1.62. The van der Waals surface area contributed by atoms with Crippen molar-refractivity contribution in [3.63, 3.8) is 0 Å². The Morgan fingerprint density at radius 3 is 2.95 bits per heavy atom. The number of nitrogen functional groups attached to an aromatic ring is 1. The molecule has 3 rings (SSSR count). The van der Waals surface area contributed by atoms with Gasteiger partial charge in [0.25, 0.3) is 0 Å². The number of ketones is 1. The minimum Gasteiger partial charge on any atom is -0.397 e. The van der Waals surface area contributed by atoms with Crippen molar-refractivity contribution >= 4 is 27.8 Å². The predicted molar refractivity (Wildman–Crippen MR) is 77.8 cm³/mol. The average molecular weight is 280 g/mol. The molecule has 0 radical (unpaired) electrons. The number of hydrogen-bond donors (Lipinski definition) is 2. The van der Waals surface area contributed by atoms with Gasteiger partial charge < -0.3 is 15.8 Å². The fraction of sp³-hybridized carbons (Fsp3) is 0.643. The molecule has 5 heteroatoms. The van der Waals surface area contributed by atoms with Crippen LogP contribution in [0.3, 0.4) is 0 Å². The van der Waals surface area contributed by atoms with Crippen LogP contribution in [0.1, 0.15) is 35.9 Å². The molecule has 2 atom stereocenters. The molecule has 2 aliphatic rings. The van der Waals surface area contributed by atoms with Crippen LogP contribution in [0.2, 0.25) is 0 Å². The van der Waals surface area contributed by atoms with Crippen molar-refractivity contribution in [3.8, 4) is 0 Å². The van der Waals surface area contributed by atoms with Crippen molar-refractivity contribution in [1.29, 1.82) is 0 Å². The van der Waals surface area contributed by atoms with E-state index in [0.29, 0.717) is 17.7 Å². The van der Waals surface area contributed by atoms with E-state index in [1.807, 2.05) is 6.07 Å². The van der Waals surface area contributed by atoms with E-state index in [0.717, 1.165) is 42.3 Å². The van der Waals surface area contributed by atoms with Gasteiger partial charge in [-0.3, -0.25) is 4.79 Å². The van der Waals surface area contributed by atoms with Gasteiger partial charge in [-0.15, -0.1) is 11.3 Å². The zero-order valence-electron chi connectivity index (χ0n) is 11.1. The molecular weight excluding hydrogens is 260 g/mol. The summed E-state index contributed by atoms with van der Waals surface area (Å²) >= 11 is 1.49. The van der Waals surface area contributed by atoms with Crippen LogP contribution in [0.15, 0.2) is 6.07 Å². The molecule has 1 aromatic heterocycles. The maximum atomic E-state index is 12.0. The lowest BCUT2D eigenvalue weighted by Crippen LogP contribution is -2.20. The maximum Gasteiger partial charge on any atom is 0.178 e. The summed E-state index contributed by atoms with van der Waals surface area (Å²) in [5.41, 5.74) is 6.57. The molecule has 1 aromatic rings. The molecule has 1 saturated carbocycles. The number of hydrogen-bond acceptors (Lipinski definition) is 5. The highest BCUT2D eigenvalue weighted by Crippen LogP contribution is 2.38. The number of anilines is 2. The first-order chi connectivity index (χ1) is 9.15. The summed E-state index contributed by atoms with van der Waals surface area (Å²) in [5, 5.41) is 4.40. The predicted octanol–water partition coefficient (Wildman–Crippen LogP) is 2.76. The Hall–Kier alpha value is -1.07. The van der Waals surface area contributed by atoms with E-state index in [1.54, 1.807) is 0 Å². The van der Waals surface area contributed by atoms with Crippen molar-refractivity contribution in [2.45, 2.75) is 32.3 Å². The Bertz CT molecular complexity index is 482. The normalized spacial score (nSPS) is 26.6. The first kappa shape index (κ1) is 12.9. The van der Waals surface area contributed by atoms with Crippen LogP contribution in [0.25, 0.3) is 0 Å². The second-order valence-electron chi connectivity index (χ2n) is 5.54. The quantitative estimate of drug-likeness (QED) is 0.814. The molecule has 0 aromatic carbocycles. The molecular formula is C14H20N2O2S. The van der Waals surface area contributed by atoms with Gasteiger partial charge >= 0.3 is 0 Å². The van der Waals surface area contributed by atoms with Gasteiger partial charge in [0.05, 0.1) is 21.7 Å². The fourth-order valence-electron chi connectivity index (χ4n) is 2.49. The number of ether oxygens (including phenoxy) is 1. The zero-order valence-corrected chi connectivity index (χ0v) is 12.0. The molecule has 3 N–H and O–H groups in total. The number of nitrogens with two attached hydrogens (primary N) is 1. The van der Waals surface area contributed by atoms with E-state index in [1.165, 1.54) is 11.3 Å². The Morgan fingerprint density at radius 1 is 1.53 bits per heavy atom. The van der Waals surface area contributed by atoms with Crippen LogP contribution < -0.4 is 11.1 Å². The van der Waals surface area contributed by atoms with Crippen LogP contribution in [-0.2, 0) is 4.74 Å². The van der Waals surface area contributed by atoms with Crippen LogP contribution in [0.5, 0.6) is 0 Å². The number of Topliss-reactive ketones (excluding diaryl/α,β-unsaturated/α-hetero) is 1. The van der Waals surface area contributed by atoms with Crippen molar-refractivity contribution in [1.82, 2.24) is 0 Å². The maximum absolute atomic E-state index is 12.0. The molecule has 0 bridgehead atoms. The summed E-state index contributed by atoms with van der Waals surface area (Å²) in [5.74, 6) is 1.01. The van der Waals surface area contributed by atoms with Gasteiger partial charge in [-0.1, -0.05) is 0 Å². The second-order valence-corrected chi connectivity index (χ2v) is 6.59. The molecule has 2 unspecified atom stereocenters. The Kier molecular flexibility index (Phi) is 3.50. The third-order valence-electron chi connectivity index (χ3n) is 4.00. The van der Waals surface area contributed by atoms with Gasteiger partial charge in [-0.25, -0.2) is 0 Å². The van der Waals surface area contributed by atoms with E-state index in [9.17, 15) is 4.79 Å². The largest absolute Gasteiger partial charge is 0.397 e. The minimum absolute atomic E-state index is 0.230. The molecule has 1 saturated heterocycles. The molecule has 104 valence electrons. The van der Waals surface area contributed by atoms with Gasteiger partial charge in [0.1, 0.15) is 0 Å². The highest BCUT2D eigenvalue weighted by molar-refractivity contribution is 7.18. The smallest absolute Gasteiger partial charge is 0.178 e. The summed E-state index contributed by atoms with van der Waals surface area (Å²) in [6, 6.07) is 1.89. The molecule has 4 nitrogen and oxygen atoms in total. The number of carbonyl (C=O) groups is 1. The van der Waals surface area contributed by atoms with E-state index >= 15 is 0 Å². The SMILES string of the molecule is CC1OCCC1CNc1cc(N)c(C(=O)C2CC2)s1. The molecule has 19 heavy (non-hydrogen) atoms. The second kappa shape index (κ2) is 5.13. The summed E-state index contributed by atoms with van der Waals surface area (Å²) in [6.07, 6.45) is 3.46. The van der Waals surface area contributed by atoms with Crippen molar-refractivity contribution in [3.05, 3.63) is 10.9 Å². The first-order valence-corrected chi connectivity index (χ1v) is 7.76. The summed E-state index contributed by atoms with van der Waals surface area (Å²) in [4.78, 5) is 12.8. The molecule has 2 fully saturated rings. The first-order valence-electron chi connectivity index (χ1n) is 6.94. The van der Waals surface area contributed by atoms with Gasteiger partial charge in [0.15, 0.2) is 5.78 Å². The van der Waals surface area contributed by atoms with E-state index in [2.05, 4.69) is 12.2 Å². The van der Waals surface area contributed by atoms with E-state index in [-0.39, 0.29) is 11.7 Å². The summed E-state index contributed by atoms with van der Waals surface area (Å²) < 4.78 is 5.55. The number of rotatable bonds is 5.